The smallest absolute Gasteiger partial charge is 0.254 e. The molecule has 2 fully saturated rings. The molecular weight excluding hydrogens is 308 g/mol. The number of aryl methyl sites for hydroxylation is 1. The van der Waals surface area contributed by atoms with E-state index in [1.165, 1.54) is 5.56 Å². The number of benzene rings is 1. The first kappa shape index (κ1) is 17.9. The van der Waals surface area contributed by atoms with Crippen LogP contribution in [0.3, 0.4) is 0 Å². The molecule has 0 aliphatic heterocycles. The van der Waals surface area contributed by atoms with Gasteiger partial charge in [0.05, 0.1) is 16.0 Å². The zero-order chi connectivity index (χ0) is 13.5. The van der Waals surface area contributed by atoms with E-state index in [1.807, 2.05) is 89.0 Å². The first-order chi connectivity index (χ1) is 9.27. The van der Waals surface area contributed by atoms with E-state index in [4.69, 9.17) is 0 Å². The van der Waals surface area contributed by atoms with Crippen molar-refractivity contribution in [3.63, 3.8) is 0 Å². The van der Waals surface area contributed by atoms with Crippen molar-refractivity contribution >= 4 is 10.8 Å². The van der Waals surface area contributed by atoms with Crippen LogP contribution in [0.25, 0.3) is 0 Å². The molecule has 0 saturated heterocycles. The average Bonchev–Trinajstić information content (AvgIpc) is 3.15. The van der Waals surface area contributed by atoms with Gasteiger partial charge in [0.25, 0.3) is 0 Å². The van der Waals surface area contributed by atoms with Crippen LogP contribution in [0.4, 0.5) is 0 Å². The maximum absolute atomic E-state index is 11.9. The van der Waals surface area contributed by atoms with E-state index in [0.29, 0.717) is 0 Å². The minimum atomic E-state index is -1.02. The van der Waals surface area contributed by atoms with Crippen molar-refractivity contribution in [3.8, 4) is 0 Å². The standard InChI is InChI=1S/C12H11OS.C5H5.Fe/c1-10-6-8-12(9-7-10)14(13)11-4-2-3-5-11;1-2-4-5-3-1;/h2-9H,1H3;1-5H;/q;;+2/t14-;;/m1../s1. The molecule has 3 rings (SSSR count). The van der Waals surface area contributed by atoms with Crippen LogP contribution in [0.1, 0.15) is 5.56 Å². The second-order valence-electron chi connectivity index (χ2n) is 4.16. The molecule has 10 radical (unpaired) electrons. The van der Waals surface area contributed by atoms with Crippen molar-refractivity contribution in [1.29, 1.82) is 0 Å². The molecule has 20 heavy (non-hydrogen) atoms. The number of hydrogen-bond donors (Lipinski definition) is 0. The van der Waals surface area contributed by atoms with E-state index in [-0.39, 0.29) is 17.1 Å². The fourth-order valence-corrected chi connectivity index (χ4v) is 2.66. The monoisotopic (exact) mass is 324 g/mol. The molecule has 1 nitrogen and oxygen atoms in total. The molecule has 0 bridgehead atoms. The minimum absolute atomic E-state index is 0. The summed E-state index contributed by atoms with van der Waals surface area (Å²) in [6.07, 6.45) is 17.6. The Kier molecular flexibility index (Phi) is 8.75. The molecule has 3 heteroatoms. The SMILES string of the molecule is Cc1ccc([S@](=O)[C]2[CH][CH][CH][CH]2)cc1.[CH]1[CH][CH][CH][CH]1.[Fe+2]. The Labute approximate surface area is 136 Å². The molecular formula is C17H16FeOS+2. The molecule has 0 heterocycles. The molecule has 1 aromatic rings. The summed E-state index contributed by atoms with van der Waals surface area (Å²) in [5.74, 6) is 0. The summed E-state index contributed by atoms with van der Waals surface area (Å²) in [7, 11) is -1.02. The van der Waals surface area contributed by atoms with E-state index in [0.717, 1.165) is 10.1 Å². The van der Waals surface area contributed by atoms with Crippen molar-refractivity contribution in [1.82, 2.24) is 0 Å². The van der Waals surface area contributed by atoms with Gasteiger partial charge in [0, 0.05) is 4.90 Å². The zero-order valence-electron chi connectivity index (χ0n) is 11.2. The van der Waals surface area contributed by atoms with Gasteiger partial charge in [0.1, 0.15) is 0 Å². The molecule has 0 spiro atoms. The quantitative estimate of drug-likeness (QED) is 0.761. The van der Waals surface area contributed by atoms with E-state index < -0.39 is 10.8 Å². The molecule has 1 aromatic carbocycles. The van der Waals surface area contributed by atoms with Crippen LogP contribution in [-0.4, -0.2) is 4.21 Å². The van der Waals surface area contributed by atoms with Gasteiger partial charge in [-0.3, -0.25) is 4.21 Å². The number of hydrogen-bond acceptors (Lipinski definition) is 1. The van der Waals surface area contributed by atoms with Gasteiger partial charge in [-0.1, -0.05) is 17.7 Å². The van der Waals surface area contributed by atoms with Gasteiger partial charge in [-0.2, -0.15) is 0 Å². The molecule has 0 unspecified atom stereocenters. The predicted molar refractivity (Wildman–Crippen MR) is 79.5 cm³/mol. The van der Waals surface area contributed by atoms with Crippen molar-refractivity contribution < 1.29 is 21.3 Å². The Balaban J connectivity index is 0.000000283. The van der Waals surface area contributed by atoms with Crippen LogP contribution in [0, 0.1) is 70.0 Å². The molecule has 2 saturated carbocycles. The fourth-order valence-electron chi connectivity index (χ4n) is 1.60. The fraction of sp³-hybridized carbons (Fsp3) is 0.0588. The van der Waals surface area contributed by atoms with Gasteiger partial charge in [0.2, 0.25) is 0 Å². The summed E-state index contributed by atoms with van der Waals surface area (Å²) in [5.41, 5.74) is 1.19. The van der Waals surface area contributed by atoms with Crippen LogP contribution in [0.2, 0.25) is 0 Å². The van der Waals surface area contributed by atoms with E-state index in [2.05, 4.69) is 0 Å². The van der Waals surface area contributed by atoms with Crippen molar-refractivity contribution in [3.05, 3.63) is 92.9 Å². The van der Waals surface area contributed by atoms with Crippen molar-refractivity contribution in [2.24, 2.45) is 0 Å². The van der Waals surface area contributed by atoms with Gasteiger partial charge in [-0.15, -0.1) is 0 Å². The first-order valence-electron chi connectivity index (χ1n) is 6.14. The Bertz CT molecular complexity index is 384. The van der Waals surface area contributed by atoms with Crippen molar-refractivity contribution in [2.75, 3.05) is 0 Å². The third-order valence-electron chi connectivity index (χ3n) is 2.64. The van der Waals surface area contributed by atoms with Crippen LogP contribution in [-0.2, 0) is 27.9 Å². The Morgan fingerprint density at radius 3 is 1.65 bits per heavy atom. The number of rotatable bonds is 2. The maximum atomic E-state index is 11.9. The Hall–Kier alpha value is -0.111. The van der Waals surface area contributed by atoms with Crippen LogP contribution in [0.15, 0.2) is 29.2 Å². The largest absolute Gasteiger partial charge is 2.00 e. The van der Waals surface area contributed by atoms with E-state index in [1.54, 1.807) is 0 Å². The maximum Gasteiger partial charge on any atom is 2.00 e. The Morgan fingerprint density at radius 2 is 1.20 bits per heavy atom. The third kappa shape index (κ3) is 5.71. The second kappa shape index (κ2) is 9.76. The minimum Gasteiger partial charge on any atom is -0.254 e. The molecule has 2 aliphatic rings. The topological polar surface area (TPSA) is 17.1 Å². The molecule has 0 aromatic heterocycles. The summed E-state index contributed by atoms with van der Waals surface area (Å²) in [5, 5.41) is 0.869. The van der Waals surface area contributed by atoms with Gasteiger partial charge in [0.15, 0.2) is 0 Å². The molecule has 0 amide bonds. The summed E-state index contributed by atoms with van der Waals surface area (Å²) in [4.78, 5) is 0.863. The van der Waals surface area contributed by atoms with Gasteiger partial charge >= 0.3 is 17.1 Å². The summed E-state index contributed by atoms with van der Waals surface area (Å²) in [6, 6.07) is 7.79. The Morgan fingerprint density at radius 1 is 0.750 bits per heavy atom. The summed E-state index contributed by atoms with van der Waals surface area (Å²) >= 11 is 0. The van der Waals surface area contributed by atoms with Crippen molar-refractivity contribution in [2.45, 2.75) is 11.8 Å². The van der Waals surface area contributed by atoms with Gasteiger partial charge in [-0.25, -0.2) is 0 Å². The van der Waals surface area contributed by atoms with Crippen LogP contribution >= 0.6 is 0 Å². The molecule has 0 N–H and O–H groups in total. The molecule has 2 aliphatic carbocycles. The molecule has 102 valence electrons. The average molecular weight is 324 g/mol. The van der Waals surface area contributed by atoms with E-state index in [9.17, 15) is 4.21 Å². The third-order valence-corrected chi connectivity index (χ3v) is 4.04. The summed E-state index contributed by atoms with van der Waals surface area (Å²) < 4.78 is 11.9. The van der Waals surface area contributed by atoms with Gasteiger partial charge in [-0.05, 0) is 76.8 Å². The predicted octanol–water partition coefficient (Wildman–Crippen LogP) is 3.48. The van der Waals surface area contributed by atoms with Gasteiger partial charge < -0.3 is 0 Å². The normalized spacial score (nSPS) is 19.9. The van der Waals surface area contributed by atoms with E-state index >= 15 is 0 Å². The molecule has 1 atom stereocenters. The second-order valence-corrected chi connectivity index (χ2v) is 5.64. The zero-order valence-corrected chi connectivity index (χ0v) is 13.1. The summed E-state index contributed by atoms with van der Waals surface area (Å²) in [6.45, 7) is 2.02. The first-order valence-corrected chi connectivity index (χ1v) is 7.29. The van der Waals surface area contributed by atoms with Crippen LogP contribution in [0.5, 0.6) is 0 Å². The van der Waals surface area contributed by atoms with Crippen LogP contribution < -0.4 is 0 Å².